The largest absolute Gasteiger partial charge is 0.380 e. The minimum absolute atomic E-state index is 0.759. The van der Waals surface area contributed by atoms with Crippen molar-refractivity contribution in [3.05, 3.63) is 0 Å². The number of ether oxygens (including phenoxy) is 1. The first-order valence-electron chi connectivity index (χ1n) is 6.80. The van der Waals surface area contributed by atoms with Gasteiger partial charge in [0.05, 0.1) is 6.61 Å². The highest BCUT2D eigenvalue weighted by molar-refractivity contribution is 4.66. The molecule has 0 spiro atoms. The van der Waals surface area contributed by atoms with Crippen LogP contribution in [0, 0.1) is 5.92 Å². The summed E-state index contributed by atoms with van der Waals surface area (Å²) in [6.07, 6.45) is 1.18. The summed E-state index contributed by atoms with van der Waals surface area (Å²) in [4.78, 5) is 2.46. The van der Waals surface area contributed by atoms with Gasteiger partial charge in [-0.2, -0.15) is 0 Å². The van der Waals surface area contributed by atoms with E-state index in [1.807, 2.05) is 13.8 Å². The van der Waals surface area contributed by atoms with E-state index in [4.69, 9.17) is 4.74 Å². The maximum Gasteiger partial charge on any atom is 0.0593 e. The van der Waals surface area contributed by atoms with Crippen LogP contribution in [-0.4, -0.2) is 50.8 Å². The van der Waals surface area contributed by atoms with Crippen molar-refractivity contribution in [2.24, 2.45) is 5.92 Å². The van der Waals surface area contributed by atoms with Crippen LogP contribution in [0.4, 0.5) is 0 Å². The highest BCUT2D eigenvalue weighted by Gasteiger charge is 2.08. The summed E-state index contributed by atoms with van der Waals surface area (Å²) in [6, 6.07) is 0. The Hall–Kier alpha value is -0.120. The summed E-state index contributed by atoms with van der Waals surface area (Å²) in [7, 11) is 0. The molecule has 3 heteroatoms. The van der Waals surface area contributed by atoms with Crippen LogP contribution in [0.15, 0.2) is 0 Å². The summed E-state index contributed by atoms with van der Waals surface area (Å²) in [5.74, 6) is 0.759. The average molecular weight is 230 g/mol. The molecule has 0 saturated carbocycles. The van der Waals surface area contributed by atoms with Gasteiger partial charge in [0.25, 0.3) is 0 Å². The molecular weight excluding hydrogens is 200 g/mol. The summed E-state index contributed by atoms with van der Waals surface area (Å²) in [6.45, 7) is 16.0. The monoisotopic (exact) mass is 230 g/mol. The van der Waals surface area contributed by atoms with Crippen LogP contribution >= 0.6 is 0 Å². The zero-order valence-electron chi connectivity index (χ0n) is 11.6. The van der Waals surface area contributed by atoms with Crippen LogP contribution in [0.1, 0.15) is 34.1 Å². The van der Waals surface area contributed by atoms with Crippen molar-refractivity contribution < 1.29 is 4.74 Å². The predicted octanol–water partition coefficient (Wildman–Crippen LogP) is 1.98. The van der Waals surface area contributed by atoms with Crippen LogP contribution in [0.2, 0.25) is 0 Å². The molecule has 3 nitrogen and oxygen atoms in total. The van der Waals surface area contributed by atoms with E-state index in [1.165, 1.54) is 19.5 Å². The molecule has 98 valence electrons. The van der Waals surface area contributed by atoms with Gasteiger partial charge in [-0.3, -0.25) is 4.90 Å². The zero-order chi connectivity index (χ0) is 12.2. The van der Waals surface area contributed by atoms with Gasteiger partial charge in [-0.15, -0.1) is 0 Å². The zero-order valence-corrected chi connectivity index (χ0v) is 11.6. The summed E-state index contributed by atoms with van der Waals surface area (Å²) in [5.41, 5.74) is 0. The number of rotatable bonds is 6. The number of nitrogens with one attached hydrogen (secondary N) is 1. The molecule has 1 saturated heterocycles. The fourth-order valence-electron chi connectivity index (χ4n) is 1.55. The molecule has 0 unspecified atom stereocenters. The Morgan fingerprint density at radius 1 is 1.12 bits per heavy atom. The third-order valence-electron chi connectivity index (χ3n) is 2.60. The molecule has 0 atom stereocenters. The second-order valence-electron chi connectivity index (χ2n) is 4.39. The minimum Gasteiger partial charge on any atom is -0.380 e. The average Bonchev–Trinajstić information content (AvgIpc) is 2.32. The van der Waals surface area contributed by atoms with Gasteiger partial charge in [0.2, 0.25) is 0 Å². The van der Waals surface area contributed by atoms with E-state index in [1.54, 1.807) is 0 Å². The third-order valence-corrected chi connectivity index (χ3v) is 2.60. The topological polar surface area (TPSA) is 24.5 Å². The maximum atomic E-state index is 5.59. The SMILES string of the molecule is CC.CC(C)CCOCCN1CCNCC1. The van der Waals surface area contributed by atoms with Gasteiger partial charge in [-0.1, -0.05) is 27.7 Å². The molecule has 0 aliphatic carbocycles. The lowest BCUT2D eigenvalue weighted by Crippen LogP contribution is -2.44. The van der Waals surface area contributed by atoms with E-state index < -0.39 is 0 Å². The first kappa shape index (κ1) is 15.9. The van der Waals surface area contributed by atoms with Gasteiger partial charge >= 0.3 is 0 Å². The van der Waals surface area contributed by atoms with Gasteiger partial charge < -0.3 is 10.1 Å². The molecule has 1 fully saturated rings. The number of nitrogens with zero attached hydrogens (tertiary/aromatic N) is 1. The summed E-state index contributed by atoms with van der Waals surface area (Å²) < 4.78 is 5.59. The van der Waals surface area contributed by atoms with Crippen molar-refractivity contribution in [2.45, 2.75) is 34.1 Å². The van der Waals surface area contributed by atoms with E-state index in [0.29, 0.717) is 0 Å². The lowest BCUT2D eigenvalue weighted by Gasteiger charge is -2.26. The van der Waals surface area contributed by atoms with E-state index in [2.05, 4.69) is 24.1 Å². The summed E-state index contributed by atoms with van der Waals surface area (Å²) in [5, 5.41) is 3.35. The smallest absolute Gasteiger partial charge is 0.0593 e. The molecule has 0 aromatic carbocycles. The summed E-state index contributed by atoms with van der Waals surface area (Å²) >= 11 is 0. The highest BCUT2D eigenvalue weighted by atomic mass is 16.5. The van der Waals surface area contributed by atoms with Crippen molar-refractivity contribution >= 4 is 0 Å². The van der Waals surface area contributed by atoms with Gasteiger partial charge in [0.1, 0.15) is 0 Å². The van der Waals surface area contributed by atoms with E-state index in [9.17, 15) is 0 Å². The molecule has 0 aromatic rings. The Kier molecular flexibility index (Phi) is 11.3. The van der Waals surface area contributed by atoms with Gasteiger partial charge in [-0.05, 0) is 12.3 Å². The second-order valence-corrected chi connectivity index (χ2v) is 4.39. The van der Waals surface area contributed by atoms with E-state index in [-0.39, 0.29) is 0 Å². The molecule has 0 aromatic heterocycles. The van der Waals surface area contributed by atoms with Crippen molar-refractivity contribution in [1.82, 2.24) is 10.2 Å². The molecular formula is C13H30N2O. The van der Waals surface area contributed by atoms with Crippen LogP contribution in [0.25, 0.3) is 0 Å². The standard InChI is InChI=1S/C11H24N2O.C2H6/c1-11(2)3-9-14-10-8-13-6-4-12-5-7-13;1-2/h11-12H,3-10H2,1-2H3;1-2H3. The second kappa shape index (κ2) is 11.4. The van der Waals surface area contributed by atoms with Crippen molar-refractivity contribution in [2.75, 3.05) is 45.9 Å². The number of piperazine rings is 1. The van der Waals surface area contributed by atoms with Crippen LogP contribution < -0.4 is 5.32 Å². The Morgan fingerprint density at radius 3 is 2.31 bits per heavy atom. The molecule has 0 radical (unpaired) electrons. The van der Waals surface area contributed by atoms with E-state index >= 15 is 0 Å². The normalized spacial score (nSPS) is 17.1. The Balaban J connectivity index is 0.00000106. The Bertz CT molecular complexity index is 134. The fraction of sp³-hybridized carbons (Fsp3) is 1.00. The highest BCUT2D eigenvalue weighted by Crippen LogP contribution is 1.99. The van der Waals surface area contributed by atoms with Gasteiger partial charge in [0, 0.05) is 39.3 Å². The first-order valence-corrected chi connectivity index (χ1v) is 6.80. The lowest BCUT2D eigenvalue weighted by molar-refractivity contribution is 0.0921. The predicted molar refractivity (Wildman–Crippen MR) is 70.9 cm³/mol. The van der Waals surface area contributed by atoms with E-state index in [0.717, 1.165) is 38.8 Å². The van der Waals surface area contributed by atoms with Crippen molar-refractivity contribution in [3.8, 4) is 0 Å². The Labute approximate surface area is 102 Å². The molecule has 1 aliphatic heterocycles. The van der Waals surface area contributed by atoms with Crippen LogP contribution in [0.5, 0.6) is 0 Å². The number of hydrogen-bond donors (Lipinski definition) is 1. The molecule has 16 heavy (non-hydrogen) atoms. The lowest BCUT2D eigenvalue weighted by atomic mass is 10.1. The van der Waals surface area contributed by atoms with Crippen molar-refractivity contribution in [3.63, 3.8) is 0 Å². The van der Waals surface area contributed by atoms with Crippen molar-refractivity contribution in [1.29, 1.82) is 0 Å². The molecule has 1 N–H and O–H groups in total. The van der Waals surface area contributed by atoms with Gasteiger partial charge in [-0.25, -0.2) is 0 Å². The molecule has 0 bridgehead atoms. The first-order chi connectivity index (χ1) is 7.79. The molecule has 1 rings (SSSR count). The third kappa shape index (κ3) is 9.13. The minimum atomic E-state index is 0.759. The molecule has 1 heterocycles. The molecule has 0 amide bonds. The van der Waals surface area contributed by atoms with Gasteiger partial charge in [0.15, 0.2) is 0 Å². The quantitative estimate of drug-likeness (QED) is 0.706. The van der Waals surface area contributed by atoms with Crippen LogP contribution in [0.3, 0.4) is 0 Å². The van der Waals surface area contributed by atoms with Crippen LogP contribution in [-0.2, 0) is 4.74 Å². The fourth-order valence-corrected chi connectivity index (χ4v) is 1.55. The Morgan fingerprint density at radius 2 is 1.75 bits per heavy atom. The molecule has 1 aliphatic rings. The number of hydrogen-bond acceptors (Lipinski definition) is 3. The maximum absolute atomic E-state index is 5.59.